The van der Waals surface area contributed by atoms with Gasteiger partial charge in [0.05, 0.1) is 0 Å². The van der Waals surface area contributed by atoms with Gasteiger partial charge in [-0.15, -0.1) is 20.4 Å². The Bertz CT molecular complexity index is 505. The van der Waals surface area contributed by atoms with Gasteiger partial charge in [-0.2, -0.15) is 0 Å². The number of carbonyl (C=O) groups excluding carboxylic acids is 1. The fourth-order valence-electron chi connectivity index (χ4n) is 1.25. The zero-order chi connectivity index (χ0) is 11.5. The summed E-state index contributed by atoms with van der Waals surface area (Å²) in [7, 11) is 0. The third-order valence-corrected chi connectivity index (χ3v) is 2.13. The summed E-state index contributed by atoms with van der Waals surface area (Å²) >= 11 is 0. The van der Waals surface area contributed by atoms with Crippen molar-refractivity contribution < 1.29 is 4.79 Å². The first-order valence-corrected chi connectivity index (χ1v) is 4.82. The molecule has 0 unspecified atom stereocenters. The first-order valence-electron chi connectivity index (χ1n) is 4.82. The Balaban J connectivity index is 2.34. The van der Waals surface area contributed by atoms with Crippen molar-refractivity contribution in [1.82, 2.24) is 20.4 Å². The fourth-order valence-corrected chi connectivity index (χ4v) is 1.25. The molecule has 0 saturated carbocycles. The summed E-state index contributed by atoms with van der Waals surface area (Å²) in [6.45, 7) is 3.25. The number of benzene rings is 1. The third-order valence-electron chi connectivity index (χ3n) is 2.13. The maximum atomic E-state index is 11.1. The molecule has 1 aromatic carbocycles. The quantitative estimate of drug-likeness (QED) is 0.707. The van der Waals surface area contributed by atoms with Crippen LogP contribution in [-0.4, -0.2) is 26.2 Å². The average Bonchev–Trinajstić information content (AvgIpc) is 2.30. The second kappa shape index (κ2) is 4.14. The van der Waals surface area contributed by atoms with Crippen molar-refractivity contribution in [1.29, 1.82) is 0 Å². The Morgan fingerprint density at radius 2 is 1.56 bits per heavy atom. The van der Waals surface area contributed by atoms with E-state index in [9.17, 15) is 4.79 Å². The monoisotopic (exact) mass is 214 g/mol. The van der Waals surface area contributed by atoms with E-state index in [1.165, 1.54) is 6.92 Å². The summed E-state index contributed by atoms with van der Waals surface area (Å²) in [6.07, 6.45) is 0. The highest BCUT2D eigenvalue weighted by Crippen LogP contribution is 2.14. The van der Waals surface area contributed by atoms with Gasteiger partial charge in [0.15, 0.2) is 11.6 Å². The van der Waals surface area contributed by atoms with E-state index in [0.717, 1.165) is 5.56 Å². The Hall–Kier alpha value is -2.17. The van der Waals surface area contributed by atoms with Crippen molar-refractivity contribution in [3.63, 3.8) is 0 Å². The second-order valence-electron chi connectivity index (χ2n) is 3.40. The van der Waals surface area contributed by atoms with Gasteiger partial charge in [-0.05, 0) is 13.8 Å². The summed E-state index contributed by atoms with van der Waals surface area (Å²) in [5.41, 5.74) is 1.46. The van der Waals surface area contributed by atoms with Crippen molar-refractivity contribution in [3.8, 4) is 11.4 Å². The number of rotatable bonds is 2. The van der Waals surface area contributed by atoms with Crippen LogP contribution in [-0.2, 0) is 0 Å². The van der Waals surface area contributed by atoms with Crippen molar-refractivity contribution in [2.75, 3.05) is 0 Å². The van der Waals surface area contributed by atoms with Gasteiger partial charge in [-0.1, -0.05) is 24.3 Å². The van der Waals surface area contributed by atoms with E-state index in [2.05, 4.69) is 20.4 Å². The van der Waals surface area contributed by atoms with E-state index < -0.39 is 0 Å². The second-order valence-corrected chi connectivity index (χ2v) is 3.40. The number of aromatic nitrogens is 4. The molecule has 0 amide bonds. The Morgan fingerprint density at radius 1 is 1.00 bits per heavy atom. The largest absolute Gasteiger partial charge is 0.295 e. The molecule has 2 rings (SSSR count). The number of aryl methyl sites for hydroxylation is 1. The van der Waals surface area contributed by atoms with Gasteiger partial charge in [0.1, 0.15) is 0 Å². The molecule has 80 valence electrons. The van der Waals surface area contributed by atoms with Crippen LogP contribution < -0.4 is 0 Å². The van der Waals surface area contributed by atoms with Gasteiger partial charge in [0.2, 0.25) is 5.82 Å². The number of ketones is 1. The first kappa shape index (κ1) is 10.4. The summed E-state index contributed by atoms with van der Waals surface area (Å²) in [5.74, 6) is 1.03. The van der Waals surface area contributed by atoms with E-state index in [1.807, 2.05) is 0 Å². The lowest BCUT2D eigenvalue weighted by atomic mass is 10.1. The molecule has 1 heterocycles. The van der Waals surface area contributed by atoms with Crippen LogP contribution in [0.2, 0.25) is 0 Å². The van der Waals surface area contributed by atoms with E-state index in [-0.39, 0.29) is 5.78 Å². The van der Waals surface area contributed by atoms with Crippen molar-refractivity contribution >= 4 is 5.78 Å². The molecule has 2 aromatic rings. The lowest BCUT2D eigenvalue weighted by Gasteiger charge is -1.99. The highest BCUT2D eigenvalue weighted by molar-refractivity contribution is 5.94. The van der Waals surface area contributed by atoms with Crippen LogP contribution in [0.4, 0.5) is 0 Å². The highest BCUT2D eigenvalue weighted by Gasteiger charge is 2.04. The maximum absolute atomic E-state index is 11.1. The minimum atomic E-state index is 0.0348. The zero-order valence-electron chi connectivity index (χ0n) is 9.01. The van der Waals surface area contributed by atoms with E-state index in [4.69, 9.17) is 0 Å². The highest BCUT2D eigenvalue weighted by atomic mass is 16.1. The molecule has 5 nitrogen and oxygen atoms in total. The molecule has 0 aliphatic carbocycles. The molecule has 0 atom stereocenters. The van der Waals surface area contributed by atoms with Crippen molar-refractivity contribution in [3.05, 3.63) is 35.7 Å². The van der Waals surface area contributed by atoms with Gasteiger partial charge in [-0.25, -0.2) is 0 Å². The van der Waals surface area contributed by atoms with E-state index in [0.29, 0.717) is 17.2 Å². The van der Waals surface area contributed by atoms with Crippen molar-refractivity contribution in [2.45, 2.75) is 13.8 Å². The fraction of sp³-hybridized carbons (Fsp3) is 0.182. The SMILES string of the molecule is CC(=O)c1ccc(-c2nnc(C)nn2)cc1. The Labute approximate surface area is 92.6 Å². The summed E-state index contributed by atoms with van der Waals surface area (Å²) in [6, 6.07) is 7.04. The van der Waals surface area contributed by atoms with Gasteiger partial charge in [0, 0.05) is 11.1 Å². The molecule has 5 heteroatoms. The van der Waals surface area contributed by atoms with Crippen LogP contribution in [0.25, 0.3) is 11.4 Å². The Kier molecular flexibility index (Phi) is 2.68. The van der Waals surface area contributed by atoms with Crippen LogP contribution in [0, 0.1) is 6.92 Å². The van der Waals surface area contributed by atoms with Crippen LogP contribution in [0.15, 0.2) is 24.3 Å². The number of nitrogens with zero attached hydrogens (tertiary/aromatic N) is 4. The first-order chi connectivity index (χ1) is 7.66. The number of hydrogen-bond donors (Lipinski definition) is 0. The van der Waals surface area contributed by atoms with Gasteiger partial charge in [-0.3, -0.25) is 4.79 Å². The summed E-state index contributed by atoms with van der Waals surface area (Å²) in [5, 5.41) is 15.5. The molecule has 0 fully saturated rings. The normalized spacial score (nSPS) is 10.1. The summed E-state index contributed by atoms with van der Waals surface area (Å²) < 4.78 is 0. The molecule has 16 heavy (non-hydrogen) atoms. The average molecular weight is 214 g/mol. The smallest absolute Gasteiger partial charge is 0.203 e. The molecule has 0 aliphatic rings. The molecule has 0 bridgehead atoms. The minimum Gasteiger partial charge on any atom is -0.295 e. The zero-order valence-corrected chi connectivity index (χ0v) is 9.01. The molecule has 1 aromatic heterocycles. The predicted molar refractivity (Wildman–Crippen MR) is 57.8 cm³/mol. The molecule has 0 radical (unpaired) electrons. The molecular weight excluding hydrogens is 204 g/mol. The minimum absolute atomic E-state index is 0.0348. The molecule has 0 saturated heterocycles. The third kappa shape index (κ3) is 2.08. The van der Waals surface area contributed by atoms with Crippen LogP contribution in [0.3, 0.4) is 0 Å². The molecule has 0 aliphatic heterocycles. The van der Waals surface area contributed by atoms with Crippen molar-refractivity contribution in [2.24, 2.45) is 0 Å². The summed E-state index contributed by atoms with van der Waals surface area (Å²) in [4.78, 5) is 11.1. The van der Waals surface area contributed by atoms with Gasteiger partial charge < -0.3 is 0 Å². The van der Waals surface area contributed by atoms with E-state index >= 15 is 0 Å². The van der Waals surface area contributed by atoms with Crippen LogP contribution in [0.5, 0.6) is 0 Å². The molecular formula is C11H10N4O. The maximum Gasteiger partial charge on any atom is 0.203 e. The Morgan fingerprint density at radius 3 is 2.06 bits per heavy atom. The standard InChI is InChI=1S/C11H10N4O/c1-7(16)9-3-5-10(6-4-9)11-14-12-8(2)13-15-11/h3-6H,1-2H3. The van der Waals surface area contributed by atoms with Gasteiger partial charge >= 0.3 is 0 Å². The predicted octanol–water partition coefficient (Wildman–Crippen LogP) is 1.44. The van der Waals surface area contributed by atoms with Crippen LogP contribution in [0.1, 0.15) is 23.1 Å². The lowest BCUT2D eigenvalue weighted by Crippen LogP contribution is -1.99. The van der Waals surface area contributed by atoms with E-state index in [1.54, 1.807) is 31.2 Å². The van der Waals surface area contributed by atoms with Crippen LogP contribution >= 0.6 is 0 Å². The number of carbonyl (C=O) groups is 1. The topological polar surface area (TPSA) is 68.6 Å². The molecule has 0 N–H and O–H groups in total. The number of Topliss-reactive ketones (excluding diaryl/α,β-unsaturated/α-hetero) is 1. The van der Waals surface area contributed by atoms with Gasteiger partial charge in [0.25, 0.3) is 0 Å². The molecule has 0 spiro atoms. The lowest BCUT2D eigenvalue weighted by molar-refractivity contribution is 0.101. The number of hydrogen-bond acceptors (Lipinski definition) is 5.